The third-order valence-corrected chi connectivity index (χ3v) is 0.883. The van der Waals surface area contributed by atoms with Gasteiger partial charge in [-0.15, -0.1) is 0 Å². The Morgan fingerprint density at radius 1 is 1.86 bits per heavy atom. The second-order valence-electron chi connectivity index (χ2n) is 0.833. The molecule has 0 spiro atoms. The molecule has 0 aliphatic rings. The average Bonchev–Trinajstić information content (AvgIpc) is 1.69. The van der Waals surface area contributed by atoms with Crippen molar-refractivity contribution >= 4 is 11.3 Å². The number of nitrogens with zero attached hydrogens (tertiary/aromatic N) is 2. The van der Waals surface area contributed by atoms with Gasteiger partial charge in [-0.2, -0.15) is 4.98 Å². The summed E-state index contributed by atoms with van der Waals surface area (Å²) in [5, 5.41) is 0. The average molecular weight is 113 g/mol. The van der Waals surface area contributed by atoms with Crippen LogP contribution in [0.5, 0.6) is 0 Å². The van der Waals surface area contributed by atoms with Crippen molar-refractivity contribution in [1.29, 1.82) is 0 Å². The summed E-state index contributed by atoms with van der Waals surface area (Å²) in [5.74, 6) is 0. The molecular formula is C3HN2OS. The maximum atomic E-state index is 10.1. The lowest BCUT2D eigenvalue weighted by Crippen LogP contribution is -1.96. The molecule has 0 amide bonds. The first-order chi connectivity index (χ1) is 3.39. The van der Waals surface area contributed by atoms with Crippen LogP contribution in [0.4, 0.5) is 0 Å². The van der Waals surface area contributed by atoms with Crippen molar-refractivity contribution in [2.45, 2.75) is 0 Å². The highest BCUT2D eigenvalue weighted by Crippen LogP contribution is 1.69. The molecule has 1 aromatic heterocycles. The fraction of sp³-hybridized carbons (Fsp3) is 0. The zero-order valence-corrected chi connectivity index (χ0v) is 4.10. The molecule has 0 fully saturated rings. The van der Waals surface area contributed by atoms with E-state index in [-0.39, 0.29) is 4.87 Å². The summed E-state index contributed by atoms with van der Waals surface area (Å²) in [7, 11) is 0. The Morgan fingerprint density at radius 2 is 2.71 bits per heavy atom. The minimum absolute atomic E-state index is 0.255. The first-order valence-corrected chi connectivity index (χ1v) is 2.39. The summed E-state index contributed by atoms with van der Waals surface area (Å²) in [6, 6.07) is 0. The van der Waals surface area contributed by atoms with Crippen LogP contribution in [0, 0.1) is 5.51 Å². The quantitative estimate of drug-likeness (QED) is 0.464. The molecule has 1 heterocycles. The summed E-state index contributed by atoms with van der Waals surface area (Å²) in [6.45, 7) is 0. The molecule has 7 heavy (non-hydrogen) atoms. The van der Waals surface area contributed by atoms with Gasteiger partial charge in [0.25, 0.3) is 0 Å². The molecule has 3 nitrogen and oxygen atoms in total. The van der Waals surface area contributed by atoms with Crippen LogP contribution in [0.2, 0.25) is 0 Å². The Kier molecular flexibility index (Phi) is 1.12. The monoisotopic (exact) mass is 113 g/mol. The highest BCUT2D eigenvalue weighted by Gasteiger charge is 1.75. The molecular weight excluding hydrogens is 112 g/mol. The topological polar surface area (TPSA) is 42.9 Å². The lowest BCUT2D eigenvalue weighted by Gasteiger charge is -1.67. The standard InChI is InChI=1S/C3HN2OS/c6-3-5-1-4-2-7-3/h1H. The van der Waals surface area contributed by atoms with Gasteiger partial charge in [-0.1, -0.05) is 11.3 Å². The van der Waals surface area contributed by atoms with E-state index in [4.69, 9.17) is 0 Å². The molecule has 0 aliphatic carbocycles. The van der Waals surface area contributed by atoms with Crippen LogP contribution >= 0.6 is 11.3 Å². The number of hydrogen-bond donors (Lipinski definition) is 0. The van der Waals surface area contributed by atoms with E-state index in [0.29, 0.717) is 0 Å². The van der Waals surface area contributed by atoms with Crippen molar-refractivity contribution < 1.29 is 0 Å². The lowest BCUT2D eigenvalue weighted by molar-refractivity contribution is 1.18. The third-order valence-electron chi connectivity index (χ3n) is 0.407. The zero-order valence-electron chi connectivity index (χ0n) is 3.29. The van der Waals surface area contributed by atoms with Crippen molar-refractivity contribution in [2.75, 3.05) is 0 Å². The van der Waals surface area contributed by atoms with Crippen LogP contribution in [0.15, 0.2) is 11.1 Å². The highest BCUT2D eigenvalue weighted by atomic mass is 32.1. The van der Waals surface area contributed by atoms with Crippen LogP contribution in [0.25, 0.3) is 0 Å². The van der Waals surface area contributed by atoms with E-state index in [2.05, 4.69) is 15.5 Å². The van der Waals surface area contributed by atoms with Gasteiger partial charge < -0.3 is 0 Å². The molecule has 4 heteroatoms. The normalized spacial score (nSPS) is 8.57. The van der Waals surface area contributed by atoms with Gasteiger partial charge in [0.1, 0.15) is 6.33 Å². The summed E-state index contributed by atoms with van der Waals surface area (Å²) in [6.07, 6.45) is 1.18. The maximum absolute atomic E-state index is 10.1. The molecule has 35 valence electrons. The second-order valence-corrected chi connectivity index (χ2v) is 1.57. The molecule has 1 rings (SSSR count). The maximum Gasteiger partial charge on any atom is 0.329 e. The Morgan fingerprint density at radius 3 is 3.00 bits per heavy atom. The molecule has 0 saturated carbocycles. The summed E-state index contributed by atoms with van der Waals surface area (Å²) in [5.41, 5.74) is 2.38. The van der Waals surface area contributed by atoms with Gasteiger partial charge in [-0.05, 0) is 0 Å². The van der Waals surface area contributed by atoms with Gasteiger partial charge in [-0.3, -0.25) is 4.79 Å². The molecule has 0 aliphatic heterocycles. The minimum Gasteiger partial charge on any atom is -0.255 e. The lowest BCUT2D eigenvalue weighted by atomic mass is 11.2. The van der Waals surface area contributed by atoms with Gasteiger partial charge >= 0.3 is 4.87 Å². The Balaban J connectivity index is 3.28. The molecule has 0 aromatic carbocycles. The van der Waals surface area contributed by atoms with Crippen LogP contribution in [-0.2, 0) is 0 Å². The Labute approximate surface area is 43.7 Å². The van der Waals surface area contributed by atoms with E-state index in [1.165, 1.54) is 6.33 Å². The summed E-state index contributed by atoms with van der Waals surface area (Å²) in [4.78, 5) is 16.6. The third kappa shape index (κ3) is 1.04. The molecule has 0 atom stereocenters. The fourth-order valence-electron chi connectivity index (χ4n) is 0.191. The molecule has 1 radical (unpaired) electrons. The van der Waals surface area contributed by atoms with Gasteiger partial charge in [0, 0.05) is 0 Å². The van der Waals surface area contributed by atoms with Gasteiger partial charge in [0.05, 0.1) is 0 Å². The second kappa shape index (κ2) is 1.79. The molecule has 1 aromatic rings. The molecule has 0 bridgehead atoms. The van der Waals surface area contributed by atoms with E-state index in [1.807, 2.05) is 0 Å². The van der Waals surface area contributed by atoms with E-state index >= 15 is 0 Å². The SMILES string of the molecule is O=c1ncn[c]s1. The van der Waals surface area contributed by atoms with E-state index in [0.717, 1.165) is 11.3 Å². The van der Waals surface area contributed by atoms with Crippen LogP contribution < -0.4 is 4.87 Å². The van der Waals surface area contributed by atoms with Crippen molar-refractivity contribution in [3.63, 3.8) is 0 Å². The van der Waals surface area contributed by atoms with Crippen molar-refractivity contribution in [3.05, 3.63) is 21.5 Å². The summed E-state index contributed by atoms with van der Waals surface area (Å²) >= 11 is 0.865. The molecule has 0 saturated heterocycles. The first kappa shape index (κ1) is 4.39. The number of aromatic nitrogens is 2. The molecule has 0 N–H and O–H groups in total. The zero-order chi connectivity index (χ0) is 5.11. The molecule has 0 unspecified atom stereocenters. The number of hydrogen-bond acceptors (Lipinski definition) is 4. The Bertz CT molecular complexity index is 179. The van der Waals surface area contributed by atoms with Gasteiger partial charge in [0.15, 0.2) is 5.51 Å². The first-order valence-electron chi connectivity index (χ1n) is 1.58. The van der Waals surface area contributed by atoms with Crippen LogP contribution in [-0.4, -0.2) is 9.97 Å². The van der Waals surface area contributed by atoms with Crippen molar-refractivity contribution in [1.82, 2.24) is 9.97 Å². The van der Waals surface area contributed by atoms with E-state index in [1.54, 1.807) is 0 Å². The fourth-order valence-corrected chi connectivity index (χ4v) is 0.469. The Hall–Kier alpha value is -0.770. The van der Waals surface area contributed by atoms with Gasteiger partial charge in [0.2, 0.25) is 0 Å². The van der Waals surface area contributed by atoms with Gasteiger partial charge in [-0.25, -0.2) is 4.98 Å². The van der Waals surface area contributed by atoms with Crippen LogP contribution in [0.1, 0.15) is 0 Å². The highest BCUT2D eigenvalue weighted by molar-refractivity contribution is 7.06. The largest absolute Gasteiger partial charge is 0.329 e. The van der Waals surface area contributed by atoms with E-state index < -0.39 is 0 Å². The predicted octanol–water partition coefficient (Wildman–Crippen LogP) is -0.302. The van der Waals surface area contributed by atoms with E-state index in [9.17, 15) is 4.79 Å². The smallest absolute Gasteiger partial charge is 0.255 e. The predicted molar refractivity (Wildman–Crippen MR) is 25.0 cm³/mol. The number of rotatable bonds is 0. The van der Waals surface area contributed by atoms with Crippen LogP contribution in [0.3, 0.4) is 0 Å². The van der Waals surface area contributed by atoms with Crippen molar-refractivity contribution in [3.8, 4) is 0 Å². The van der Waals surface area contributed by atoms with Crippen molar-refractivity contribution in [2.24, 2.45) is 0 Å². The minimum atomic E-state index is -0.255. The summed E-state index contributed by atoms with van der Waals surface area (Å²) < 4.78 is 0.